The summed E-state index contributed by atoms with van der Waals surface area (Å²) in [6.07, 6.45) is 0.792. The van der Waals surface area contributed by atoms with Crippen LogP contribution in [0.15, 0.2) is 54.6 Å². The molecule has 0 saturated carbocycles. The summed E-state index contributed by atoms with van der Waals surface area (Å²) in [4.78, 5) is 0. The zero-order valence-electron chi connectivity index (χ0n) is 10.6. The molecule has 1 nitrogen and oxygen atoms in total. The number of hydrogen-bond acceptors (Lipinski definition) is 1. The predicted octanol–water partition coefficient (Wildman–Crippen LogP) is 3.48. The second-order valence-electron chi connectivity index (χ2n) is 4.75. The van der Waals surface area contributed by atoms with Gasteiger partial charge in [0.1, 0.15) is 5.82 Å². The minimum absolute atomic E-state index is 0.202. The van der Waals surface area contributed by atoms with Crippen molar-refractivity contribution in [1.82, 2.24) is 0 Å². The highest BCUT2D eigenvalue weighted by Crippen LogP contribution is 2.34. The Morgan fingerprint density at radius 2 is 1.67 bits per heavy atom. The fourth-order valence-electron chi connectivity index (χ4n) is 2.38. The van der Waals surface area contributed by atoms with E-state index < -0.39 is 0 Å². The van der Waals surface area contributed by atoms with Crippen molar-refractivity contribution < 1.29 is 4.39 Å². The van der Waals surface area contributed by atoms with Crippen LogP contribution < -0.4 is 5.73 Å². The summed E-state index contributed by atoms with van der Waals surface area (Å²) in [6.45, 7) is 2.69. The van der Waals surface area contributed by atoms with Gasteiger partial charge in [0.25, 0.3) is 0 Å². The molecule has 1 atom stereocenters. The van der Waals surface area contributed by atoms with E-state index in [1.165, 1.54) is 11.6 Å². The summed E-state index contributed by atoms with van der Waals surface area (Å²) < 4.78 is 13.4. The average molecular weight is 243 g/mol. The number of rotatable bonds is 4. The van der Waals surface area contributed by atoms with Crippen molar-refractivity contribution in [1.29, 1.82) is 0 Å². The first-order valence-corrected chi connectivity index (χ1v) is 6.18. The summed E-state index contributed by atoms with van der Waals surface area (Å²) >= 11 is 0. The maximum absolute atomic E-state index is 13.4. The Morgan fingerprint density at radius 3 is 2.28 bits per heavy atom. The van der Waals surface area contributed by atoms with Gasteiger partial charge in [-0.15, -0.1) is 0 Å². The van der Waals surface area contributed by atoms with Gasteiger partial charge in [0.05, 0.1) is 0 Å². The summed E-state index contributed by atoms with van der Waals surface area (Å²) in [5.41, 5.74) is 7.63. The molecule has 0 bridgehead atoms. The lowest BCUT2D eigenvalue weighted by Gasteiger charge is -2.30. The van der Waals surface area contributed by atoms with E-state index in [1.54, 1.807) is 12.1 Å². The third-order valence-corrected chi connectivity index (χ3v) is 3.52. The van der Waals surface area contributed by atoms with Crippen molar-refractivity contribution in [3.05, 3.63) is 71.5 Å². The normalized spacial score (nSPS) is 14.2. The smallest absolute Gasteiger partial charge is 0.123 e. The number of hydrogen-bond donors (Lipinski definition) is 1. The van der Waals surface area contributed by atoms with Gasteiger partial charge in [0, 0.05) is 5.41 Å². The van der Waals surface area contributed by atoms with E-state index in [0.717, 1.165) is 12.0 Å². The van der Waals surface area contributed by atoms with Crippen molar-refractivity contribution in [2.75, 3.05) is 6.54 Å². The SMILES string of the molecule is CC(CCN)(c1ccccc1)c1cccc(F)c1. The highest BCUT2D eigenvalue weighted by molar-refractivity contribution is 5.38. The van der Waals surface area contributed by atoms with Gasteiger partial charge in [-0.2, -0.15) is 0 Å². The molecule has 0 radical (unpaired) electrons. The van der Waals surface area contributed by atoms with Crippen molar-refractivity contribution in [2.24, 2.45) is 5.73 Å². The van der Waals surface area contributed by atoms with Gasteiger partial charge in [0.2, 0.25) is 0 Å². The zero-order chi connectivity index (χ0) is 13.0. The van der Waals surface area contributed by atoms with Gasteiger partial charge in [0.15, 0.2) is 0 Å². The standard InChI is InChI=1S/C16H18FN/c1-16(10-11-18,13-6-3-2-4-7-13)14-8-5-9-15(17)12-14/h2-9,12H,10-11,18H2,1H3. The molecule has 18 heavy (non-hydrogen) atoms. The second-order valence-corrected chi connectivity index (χ2v) is 4.75. The van der Waals surface area contributed by atoms with Crippen LogP contribution in [0.3, 0.4) is 0 Å². The Kier molecular flexibility index (Phi) is 3.78. The van der Waals surface area contributed by atoms with E-state index in [4.69, 9.17) is 5.73 Å². The van der Waals surface area contributed by atoms with Gasteiger partial charge >= 0.3 is 0 Å². The van der Waals surface area contributed by atoms with E-state index in [0.29, 0.717) is 6.54 Å². The molecular weight excluding hydrogens is 225 g/mol. The van der Waals surface area contributed by atoms with E-state index in [-0.39, 0.29) is 11.2 Å². The molecule has 0 saturated heterocycles. The zero-order valence-corrected chi connectivity index (χ0v) is 10.6. The molecule has 0 fully saturated rings. The van der Waals surface area contributed by atoms with E-state index >= 15 is 0 Å². The summed E-state index contributed by atoms with van der Waals surface area (Å²) in [5, 5.41) is 0. The highest BCUT2D eigenvalue weighted by atomic mass is 19.1. The molecule has 1 unspecified atom stereocenters. The van der Waals surface area contributed by atoms with Crippen molar-refractivity contribution in [3.63, 3.8) is 0 Å². The van der Waals surface area contributed by atoms with Crippen LogP contribution in [0.2, 0.25) is 0 Å². The van der Waals surface area contributed by atoms with Crippen LogP contribution in [0, 0.1) is 5.82 Å². The monoisotopic (exact) mass is 243 g/mol. The first-order chi connectivity index (χ1) is 8.66. The van der Waals surface area contributed by atoms with Gasteiger partial charge in [-0.1, -0.05) is 49.4 Å². The van der Waals surface area contributed by atoms with Crippen molar-refractivity contribution in [2.45, 2.75) is 18.8 Å². The largest absolute Gasteiger partial charge is 0.330 e. The molecule has 0 aromatic heterocycles. The molecule has 94 valence electrons. The topological polar surface area (TPSA) is 26.0 Å². The van der Waals surface area contributed by atoms with Gasteiger partial charge < -0.3 is 5.73 Å². The maximum Gasteiger partial charge on any atom is 0.123 e. The Bertz CT molecular complexity index is 510. The van der Waals surface area contributed by atoms with Crippen molar-refractivity contribution in [3.8, 4) is 0 Å². The Morgan fingerprint density at radius 1 is 1.00 bits per heavy atom. The first kappa shape index (κ1) is 12.8. The molecule has 2 N–H and O–H groups in total. The highest BCUT2D eigenvalue weighted by Gasteiger charge is 2.28. The molecule has 0 amide bonds. The van der Waals surface area contributed by atoms with Crippen LogP contribution in [0.5, 0.6) is 0 Å². The van der Waals surface area contributed by atoms with E-state index in [9.17, 15) is 4.39 Å². The molecule has 2 aromatic carbocycles. The van der Waals surface area contributed by atoms with Crippen LogP contribution >= 0.6 is 0 Å². The summed E-state index contributed by atoms with van der Waals surface area (Å²) in [6, 6.07) is 16.9. The first-order valence-electron chi connectivity index (χ1n) is 6.18. The van der Waals surface area contributed by atoms with Crippen LogP contribution in [-0.2, 0) is 5.41 Å². The Labute approximate surface area is 107 Å². The Balaban J connectivity index is 2.50. The third kappa shape index (κ3) is 2.44. The molecule has 0 aliphatic rings. The number of nitrogens with two attached hydrogens (primary N) is 1. The molecule has 2 rings (SSSR count). The average Bonchev–Trinajstić information content (AvgIpc) is 2.40. The summed E-state index contributed by atoms with van der Waals surface area (Å²) in [5.74, 6) is -0.202. The second kappa shape index (κ2) is 5.32. The molecule has 2 aromatic rings. The molecule has 0 aliphatic heterocycles. The van der Waals surface area contributed by atoms with Crippen LogP contribution in [0.1, 0.15) is 24.5 Å². The van der Waals surface area contributed by atoms with Crippen molar-refractivity contribution >= 4 is 0 Å². The number of halogens is 1. The quantitative estimate of drug-likeness (QED) is 0.874. The number of benzene rings is 2. The molecule has 0 spiro atoms. The minimum Gasteiger partial charge on any atom is -0.330 e. The molecule has 0 aliphatic carbocycles. The predicted molar refractivity (Wildman–Crippen MR) is 73.0 cm³/mol. The minimum atomic E-state index is -0.238. The molecule has 0 heterocycles. The van der Waals surface area contributed by atoms with E-state index in [1.807, 2.05) is 24.3 Å². The lowest BCUT2D eigenvalue weighted by molar-refractivity contribution is 0.521. The third-order valence-electron chi connectivity index (χ3n) is 3.52. The van der Waals surface area contributed by atoms with Crippen LogP contribution in [0.25, 0.3) is 0 Å². The molecule has 2 heteroatoms. The van der Waals surface area contributed by atoms with Gasteiger partial charge in [-0.25, -0.2) is 4.39 Å². The van der Waals surface area contributed by atoms with Crippen LogP contribution in [-0.4, -0.2) is 6.54 Å². The fourth-order valence-corrected chi connectivity index (χ4v) is 2.38. The lowest BCUT2D eigenvalue weighted by atomic mass is 9.74. The lowest BCUT2D eigenvalue weighted by Crippen LogP contribution is -2.27. The van der Waals surface area contributed by atoms with E-state index in [2.05, 4.69) is 19.1 Å². The fraction of sp³-hybridized carbons (Fsp3) is 0.250. The van der Waals surface area contributed by atoms with Crippen LogP contribution in [0.4, 0.5) is 4.39 Å². The molecular formula is C16H18FN. The van der Waals surface area contributed by atoms with Gasteiger partial charge in [-0.3, -0.25) is 0 Å². The Hall–Kier alpha value is -1.67. The summed E-state index contributed by atoms with van der Waals surface area (Å²) in [7, 11) is 0. The maximum atomic E-state index is 13.4. The van der Waals surface area contributed by atoms with Gasteiger partial charge in [-0.05, 0) is 36.2 Å².